The second-order valence-corrected chi connectivity index (χ2v) is 6.60. The van der Waals surface area contributed by atoms with Gasteiger partial charge in [0.25, 0.3) is 0 Å². The highest BCUT2D eigenvalue weighted by Gasteiger charge is 2.20. The van der Waals surface area contributed by atoms with E-state index in [0.29, 0.717) is 17.8 Å². The molecule has 118 valence electrons. The lowest BCUT2D eigenvalue weighted by molar-refractivity contribution is 0.0616. The summed E-state index contributed by atoms with van der Waals surface area (Å²) in [7, 11) is 0. The van der Waals surface area contributed by atoms with Crippen molar-refractivity contribution in [1.82, 2.24) is 5.32 Å². The van der Waals surface area contributed by atoms with Crippen LogP contribution < -0.4 is 5.32 Å². The molecule has 1 aromatic rings. The third kappa shape index (κ3) is 5.76. The standard InChI is InChI=1S/C18H28FNO/c1-14(2)12-20-13-17(10-15-6-8-21-9-7-15)16-4-3-5-18(19)11-16/h3-5,11,14-15,17,20H,6-10,12-13H2,1-2H3. The SMILES string of the molecule is CC(C)CNCC(CC1CCOCC1)c1cccc(F)c1. The molecule has 2 nitrogen and oxygen atoms in total. The van der Waals surface area contributed by atoms with Gasteiger partial charge >= 0.3 is 0 Å². The first-order valence-electron chi connectivity index (χ1n) is 8.19. The van der Waals surface area contributed by atoms with E-state index in [1.165, 1.54) is 6.07 Å². The van der Waals surface area contributed by atoms with Crippen LogP contribution in [0.15, 0.2) is 24.3 Å². The van der Waals surface area contributed by atoms with E-state index in [2.05, 4.69) is 25.2 Å². The summed E-state index contributed by atoms with van der Waals surface area (Å²) in [4.78, 5) is 0. The first kappa shape index (κ1) is 16.4. The average molecular weight is 293 g/mol. The molecule has 0 saturated carbocycles. The minimum atomic E-state index is -0.131. The number of hydrogen-bond acceptors (Lipinski definition) is 2. The van der Waals surface area contributed by atoms with Gasteiger partial charge < -0.3 is 10.1 Å². The Morgan fingerprint density at radius 2 is 2.00 bits per heavy atom. The molecule has 1 aliphatic heterocycles. The number of benzene rings is 1. The van der Waals surface area contributed by atoms with Gasteiger partial charge in [-0.25, -0.2) is 4.39 Å². The number of hydrogen-bond donors (Lipinski definition) is 1. The molecule has 21 heavy (non-hydrogen) atoms. The maximum Gasteiger partial charge on any atom is 0.123 e. The molecule has 0 amide bonds. The third-order valence-electron chi connectivity index (χ3n) is 4.22. The molecule has 2 rings (SSSR count). The lowest BCUT2D eigenvalue weighted by Gasteiger charge is -2.27. The summed E-state index contributed by atoms with van der Waals surface area (Å²) < 4.78 is 19.0. The van der Waals surface area contributed by atoms with Crippen molar-refractivity contribution in [2.45, 2.75) is 39.0 Å². The van der Waals surface area contributed by atoms with E-state index in [0.717, 1.165) is 51.1 Å². The van der Waals surface area contributed by atoms with Crippen LogP contribution in [0, 0.1) is 17.7 Å². The summed E-state index contributed by atoms with van der Waals surface area (Å²) in [5.74, 6) is 1.60. The lowest BCUT2D eigenvalue weighted by Crippen LogP contribution is -2.28. The topological polar surface area (TPSA) is 21.3 Å². The Morgan fingerprint density at radius 1 is 1.24 bits per heavy atom. The zero-order chi connectivity index (χ0) is 15.1. The number of rotatable bonds is 7. The van der Waals surface area contributed by atoms with Gasteiger partial charge in [-0.2, -0.15) is 0 Å². The highest BCUT2D eigenvalue weighted by Crippen LogP contribution is 2.29. The Balaban J connectivity index is 1.98. The molecule has 0 radical (unpaired) electrons. The van der Waals surface area contributed by atoms with Crippen LogP contribution in [0.5, 0.6) is 0 Å². The molecule has 0 aromatic heterocycles. The Hall–Kier alpha value is -0.930. The van der Waals surface area contributed by atoms with Crippen molar-refractivity contribution < 1.29 is 9.13 Å². The second kappa shape index (κ2) is 8.50. The molecule has 1 N–H and O–H groups in total. The lowest BCUT2D eigenvalue weighted by atomic mass is 9.85. The highest BCUT2D eigenvalue weighted by molar-refractivity contribution is 5.21. The fraction of sp³-hybridized carbons (Fsp3) is 0.667. The quantitative estimate of drug-likeness (QED) is 0.821. The van der Waals surface area contributed by atoms with E-state index in [1.54, 1.807) is 6.07 Å². The van der Waals surface area contributed by atoms with Gasteiger partial charge in [0.15, 0.2) is 0 Å². The van der Waals surface area contributed by atoms with Gasteiger partial charge in [-0.05, 0) is 61.3 Å². The molecular formula is C18H28FNO. The van der Waals surface area contributed by atoms with Crippen LogP contribution in [0.3, 0.4) is 0 Å². The van der Waals surface area contributed by atoms with Crippen LogP contribution in [0.1, 0.15) is 44.6 Å². The number of halogens is 1. The van der Waals surface area contributed by atoms with E-state index >= 15 is 0 Å². The zero-order valence-electron chi connectivity index (χ0n) is 13.3. The van der Waals surface area contributed by atoms with Crippen molar-refractivity contribution in [3.8, 4) is 0 Å². The van der Waals surface area contributed by atoms with Gasteiger partial charge in [0.2, 0.25) is 0 Å². The Labute approximate surface area is 128 Å². The van der Waals surface area contributed by atoms with Crippen molar-refractivity contribution in [1.29, 1.82) is 0 Å². The van der Waals surface area contributed by atoms with Gasteiger partial charge in [-0.15, -0.1) is 0 Å². The summed E-state index contributed by atoms with van der Waals surface area (Å²) in [5, 5.41) is 3.54. The molecular weight excluding hydrogens is 265 g/mol. The predicted molar refractivity (Wildman–Crippen MR) is 85.0 cm³/mol. The van der Waals surface area contributed by atoms with E-state index < -0.39 is 0 Å². The van der Waals surface area contributed by atoms with Crippen LogP contribution in [-0.2, 0) is 4.74 Å². The zero-order valence-corrected chi connectivity index (χ0v) is 13.3. The van der Waals surface area contributed by atoms with Crippen molar-refractivity contribution in [2.24, 2.45) is 11.8 Å². The Bertz CT molecular complexity index is 415. The average Bonchev–Trinajstić information content (AvgIpc) is 2.47. The van der Waals surface area contributed by atoms with Crippen LogP contribution in [0.4, 0.5) is 4.39 Å². The molecule has 1 aliphatic rings. The number of ether oxygens (including phenoxy) is 1. The van der Waals surface area contributed by atoms with Gasteiger partial charge in [-0.3, -0.25) is 0 Å². The minimum Gasteiger partial charge on any atom is -0.381 e. The van der Waals surface area contributed by atoms with Gasteiger partial charge in [0.05, 0.1) is 0 Å². The van der Waals surface area contributed by atoms with Crippen molar-refractivity contribution in [3.63, 3.8) is 0 Å². The third-order valence-corrected chi connectivity index (χ3v) is 4.22. The first-order valence-corrected chi connectivity index (χ1v) is 8.19. The van der Waals surface area contributed by atoms with Crippen LogP contribution in [0.25, 0.3) is 0 Å². The Kier molecular flexibility index (Phi) is 6.65. The summed E-state index contributed by atoms with van der Waals surface area (Å²) in [6.07, 6.45) is 3.39. The summed E-state index contributed by atoms with van der Waals surface area (Å²) in [6, 6.07) is 7.10. The number of nitrogens with one attached hydrogen (secondary N) is 1. The second-order valence-electron chi connectivity index (χ2n) is 6.60. The molecule has 0 spiro atoms. The van der Waals surface area contributed by atoms with Crippen LogP contribution in [-0.4, -0.2) is 26.3 Å². The summed E-state index contributed by atoms with van der Waals surface area (Å²) in [5.41, 5.74) is 1.12. The maximum atomic E-state index is 13.5. The smallest absolute Gasteiger partial charge is 0.123 e. The minimum absolute atomic E-state index is 0.131. The van der Waals surface area contributed by atoms with Crippen LogP contribution >= 0.6 is 0 Å². The molecule has 1 aromatic carbocycles. The summed E-state index contributed by atoms with van der Waals surface area (Å²) >= 11 is 0. The van der Waals surface area contributed by atoms with Crippen molar-refractivity contribution in [3.05, 3.63) is 35.6 Å². The normalized spacial score (nSPS) is 18.1. The molecule has 3 heteroatoms. The highest BCUT2D eigenvalue weighted by atomic mass is 19.1. The molecule has 0 aliphatic carbocycles. The molecule has 1 heterocycles. The molecule has 1 fully saturated rings. The van der Waals surface area contributed by atoms with Gasteiger partial charge in [-0.1, -0.05) is 26.0 Å². The van der Waals surface area contributed by atoms with E-state index in [1.807, 2.05) is 6.07 Å². The fourth-order valence-corrected chi connectivity index (χ4v) is 3.03. The van der Waals surface area contributed by atoms with Crippen molar-refractivity contribution >= 4 is 0 Å². The van der Waals surface area contributed by atoms with Gasteiger partial charge in [0, 0.05) is 19.8 Å². The molecule has 1 unspecified atom stereocenters. The Morgan fingerprint density at radius 3 is 2.67 bits per heavy atom. The van der Waals surface area contributed by atoms with Gasteiger partial charge in [0.1, 0.15) is 5.82 Å². The molecule has 1 saturated heterocycles. The van der Waals surface area contributed by atoms with E-state index in [-0.39, 0.29) is 5.82 Å². The van der Waals surface area contributed by atoms with E-state index in [4.69, 9.17) is 4.74 Å². The predicted octanol–water partition coefficient (Wildman–Crippen LogP) is 3.97. The van der Waals surface area contributed by atoms with Crippen LogP contribution in [0.2, 0.25) is 0 Å². The largest absolute Gasteiger partial charge is 0.381 e. The van der Waals surface area contributed by atoms with E-state index in [9.17, 15) is 4.39 Å². The first-order chi connectivity index (χ1) is 10.1. The van der Waals surface area contributed by atoms with Crippen molar-refractivity contribution in [2.75, 3.05) is 26.3 Å². The molecule has 0 bridgehead atoms. The fourth-order valence-electron chi connectivity index (χ4n) is 3.03. The maximum absolute atomic E-state index is 13.5. The summed E-state index contributed by atoms with van der Waals surface area (Å²) in [6.45, 7) is 8.11. The molecule has 1 atom stereocenters. The monoisotopic (exact) mass is 293 g/mol.